The minimum absolute atomic E-state index is 0.438. The lowest BCUT2D eigenvalue weighted by Crippen LogP contribution is -2.49. The Labute approximate surface area is 164 Å². The Morgan fingerprint density at radius 3 is 2.32 bits per heavy atom. The van der Waals surface area contributed by atoms with E-state index in [9.17, 15) is 14.7 Å². The number of urea groups is 1. The Hall–Kier alpha value is -3.06. The van der Waals surface area contributed by atoms with E-state index >= 15 is 0 Å². The summed E-state index contributed by atoms with van der Waals surface area (Å²) in [5, 5.41) is 15.7. The number of aryl methyl sites for hydroxylation is 1. The number of ether oxygens (including phenoxy) is 2. The molecule has 3 N–H and O–H groups in total. The fourth-order valence-electron chi connectivity index (χ4n) is 2.72. The van der Waals surface area contributed by atoms with Crippen molar-refractivity contribution in [3.05, 3.63) is 65.7 Å². The highest BCUT2D eigenvalue weighted by Gasteiger charge is 2.30. The molecule has 150 valence electrons. The summed E-state index contributed by atoms with van der Waals surface area (Å²) in [4.78, 5) is 24.2. The summed E-state index contributed by atoms with van der Waals surface area (Å²) >= 11 is 0. The fourth-order valence-corrected chi connectivity index (χ4v) is 2.72. The van der Waals surface area contributed by atoms with Crippen molar-refractivity contribution >= 4 is 12.0 Å². The van der Waals surface area contributed by atoms with E-state index in [-0.39, 0.29) is 0 Å². The maximum atomic E-state index is 12.2. The van der Waals surface area contributed by atoms with Crippen molar-refractivity contribution in [1.82, 2.24) is 10.6 Å². The van der Waals surface area contributed by atoms with Crippen LogP contribution in [0.3, 0.4) is 0 Å². The molecule has 2 atom stereocenters. The third-order valence-electron chi connectivity index (χ3n) is 4.29. The molecule has 2 amide bonds. The molecule has 0 spiro atoms. The minimum atomic E-state index is -1.26. The molecule has 0 heterocycles. The Bertz CT molecular complexity index is 749. The van der Waals surface area contributed by atoms with E-state index in [0.717, 1.165) is 12.8 Å². The predicted molar refractivity (Wildman–Crippen MR) is 105 cm³/mol. The summed E-state index contributed by atoms with van der Waals surface area (Å²) in [5.74, 6) is -0.113. The molecule has 0 aliphatic heterocycles. The van der Waals surface area contributed by atoms with Gasteiger partial charge in [-0.2, -0.15) is 0 Å². The van der Waals surface area contributed by atoms with Gasteiger partial charge < -0.3 is 25.2 Å². The number of carbonyl (C=O) groups is 2. The van der Waals surface area contributed by atoms with E-state index in [1.165, 1.54) is 19.8 Å². The molecule has 0 bridgehead atoms. The number of rotatable bonds is 9. The molecule has 0 saturated heterocycles. The molecule has 2 aromatic rings. The van der Waals surface area contributed by atoms with Crippen molar-refractivity contribution < 1.29 is 24.2 Å². The second kappa shape index (κ2) is 10.9. The number of aliphatic hydroxyl groups excluding tert-OH is 1. The molecular weight excluding hydrogens is 360 g/mol. The van der Waals surface area contributed by atoms with Gasteiger partial charge in [0.25, 0.3) is 0 Å². The predicted octanol–water partition coefficient (Wildman–Crippen LogP) is 2.20. The highest BCUT2D eigenvalue weighted by molar-refractivity contribution is 5.84. The van der Waals surface area contributed by atoms with Crippen LogP contribution in [0.1, 0.15) is 23.7 Å². The molecule has 0 aliphatic carbocycles. The van der Waals surface area contributed by atoms with Crippen LogP contribution >= 0.6 is 0 Å². The van der Waals surface area contributed by atoms with Crippen LogP contribution in [0.4, 0.5) is 4.79 Å². The number of methoxy groups -OCH3 is 2. The number of nitrogens with one attached hydrogen (secondary N) is 2. The first-order valence-corrected chi connectivity index (χ1v) is 9.03. The summed E-state index contributed by atoms with van der Waals surface area (Å²) in [6.45, 7) is 0.438. The van der Waals surface area contributed by atoms with Crippen LogP contribution in [-0.2, 0) is 16.0 Å². The third kappa shape index (κ3) is 6.28. The summed E-state index contributed by atoms with van der Waals surface area (Å²) in [7, 11) is 2.74. The Balaban J connectivity index is 1.89. The summed E-state index contributed by atoms with van der Waals surface area (Å²) in [6.07, 6.45) is 0.325. The van der Waals surface area contributed by atoms with Gasteiger partial charge in [-0.1, -0.05) is 42.5 Å². The van der Waals surface area contributed by atoms with Gasteiger partial charge >= 0.3 is 12.0 Å². The van der Waals surface area contributed by atoms with Crippen LogP contribution in [0.2, 0.25) is 0 Å². The minimum Gasteiger partial charge on any atom is -0.497 e. The van der Waals surface area contributed by atoms with Crippen molar-refractivity contribution in [2.45, 2.75) is 25.0 Å². The van der Waals surface area contributed by atoms with Crippen LogP contribution in [-0.4, -0.2) is 43.9 Å². The second-order valence-corrected chi connectivity index (χ2v) is 6.21. The quantitative estimate of drug-likeness (QED) is 0.453. The van der Waals surface area contributed by atoms with Crippen molar-refractivity contribution in [2.24, 2.45) is 0 Å². The number of carbonyl (C=O) groups excluding carboxylic acids is 2. The number of hydrogen-bond acceptors (Lipinski definition) is 5. The van der Waals surface area contributed by atoms with Gasteiger partial charge in [0.15, 0.2) is 6.04 Å². The van der Waals surface area contributed by atoms with Gasteiger partial charge in [0.2, 0.25) is 0 Å². The topological polar surface area (TPSA) is 96.9 Å². The van der Waals surface area contributed by atoms with Gasteiger partial charge in [0, 0.05) is 6.54 Å². The highest BCUT2D eigenvalue weighted by Crippen LogP contribution is 2.21. The van der Waals surface area contributed by atoms with E-state index in [1.54, 1.807) is 24.3 Å². The Morgan fingerprint density at radius 2 is 1.71 bits per heavy atom. The zero-order valence-corrected chi connectivity index (χ0v) is 16.1. The summed E-state index contributed by atoms with van der Waals surface area (Å²) in [5.41, 5.74) is 1.65. The molecule has 7 nitrogen and oxygen atoms in total. The second-order valence-electron chi connectivity index (χ2n) is 6.21. The molecule has 0 aromatic heterocycles. The van der Waals surface area contributed by atoms with Crippen LogP contribution in [0.15, 0.2) is 54.6 Å². The first kappa shape index (κ1) is 21.2. The smallest absolute Gasteiger partial charge is 0.331 e. The normalized spacial score (nSPS) is 12.5. The molecule has 2 aromatic carbocycles. The van der Waals surface area contributed by atoms with Gasteiger partial charge in [0.1, 0.15) is 11.9 Å². The summed E-state index contributed by atoms with van der Waals surface area (Å²) < 4.78 is 9.79. The highest BCUT2D eigenvalue weighted by atomic mass is 16.5. The Morgan fingerprint density at radius 1 is 1.04 bits per heavy atom. The molecule has 28 heavy (non-hydrogen) atoms. The standard InChI is InChI=1S/C21H26N2O5/c1-27-17-12-10-16(11-13-17)19(24)18(20(25)28-2)23-21(26)22-14-6-9-15-7-4-3-5-8-15/h3-5,7-8,10-13,18-19,24H,6,9,14H2,1-2H3,(H2,22,23,26). The van der Waals surface area contributed by atoms with Crippen LogP contribution < -0.4 is 15.4 Å². The molecule has 2 rings (SSSR count). The van der Waals surface area contributed by atoms with Gasteiger partial charge in [-0.05, 0) is 36.1 Å². The number of amides is 2. The van der Waals surface area contributed by atoms with Crippen molar-refractivity contribution in [3.8, 4) is 5.75 Å². The van der Waals surface area contributed by atoms with Gasteiger partial charge in [0.05, 0.1) is 14.2 Å². The first-order chi connectivity index (χ1) is 13.5. The van der Waals surface area contributed by atoms with Gasteiger partial charge in [-0.3, -0.25) is 0 Å². The molecular formula is C21H26N2O5. The van der Waals surface area contributed by atoms with Crippen molar-refractivity contribution in [1.29, 1.82) is 0 Å². The summed E-state index contributed by atoms with van der Waals surface area (Å²) in [6, 6.07) is 14.7. The molecule has 7 heteroatoms. The first-order valence-electron chi connectivity index (χ1n) is 9.03. The zero-order chi connectivity index (χ0) is 20.4. The fraction of sp³-hybridized carbons (Fsp3) is 0.333. The SMILES string of the molecule is COC(=O)C(NC(=O)NCCCc1ccccc1)C(O)c1ccc(OC)cc1. The lowest BCUT2D eigenvalue weighted by Gasteiger charge is -2.22. The Kier molecular flexibility index (Phi) is 8.30. The lowest BCUT2D eigenvalue weighted by molar-refractivity contribution is -0.146. The van der Waals surface area contributed by atoms with E-state index < -0.39 is 24.1 Å². The number of hydrogen-bond donors (Lipinski definition) is 3. The largest absolute Gasteiger partial charge is 0.497 e. The lowest BCUT2D eigenvalue weighted by atomic mass is 10.0. The third-order valence-corrected chi connectivity index (χ3v) is 4.29. The van der Waals surface area contributed by atoms with Crippen LogP contribution in [0, 0.1) is 0 Å². The van der Waals surface area contributed by atoms with Crippen molar-refractivity contribution in [2.75, 3.05) is 20.8 Å². The van der Waals surface area contributed by atoms with Crippen molar-refractivity contribution in [3.63, 3.8) is 0 Å². The molecule has 0 saturated carbocycles. The monoisotopic (exact) mass is 386 g/mol. The number of esters is 1. The van der Waals surface area contributed by atoms with Crippen LogP contribution in [0.5, 0.6) is 5.75 Å². The van der Waals surface area contributed by atoms with Gasteiger partial charge in [-0.25, -0.2) is 9.59 Å². The maximum Gasteiger partial charge on any atom is 0.331 e. The average molecular weight is 386 g/mol. The number of benzene rings is 2. The maximum absolute atomic E-state index is 12.2. The molecule has 0 aliphatic rings. The zero-order valence-electron chi connectivity index (χ0n) is 16.1. The van der Waals surface area contributed by atoms with E-state index in [2.05, 4.69) is 10.6 Å². The van der Waals surface area contributed by atoms with E-state index in [4.69, 9.17) is 9.47 Å². The molecule has 2 unspecified atom stereocenters. The number of aliphatic hydroxyl groups is 1. The molecule has 0 radical (unpaired) electrons. The van der Waals surface area contributed by atoms with Crippen LogP contribution in [0.25, 0.3) is 0 Å². The van der Waals surface area contributed by atoms with E-state index in [0.29, 0.717) is 17.9 Å². The molecule has 0 fully saturated rings. The van der Waals surface area contributed by atoms with E-state index in [1.807, 2.05) is 30.3 Å². The van der Waals surface area contributed by atoms with Gasteiger partial charge in [-0.15, -0.1) is 0 Å². The average Bonchev–Trinajstić information content (AvgIpc) is 2.75.